The van der Waals surface area contributed by atoms with Gasteiger partial charge in [-0.05, 0) is 0 Å². The first-order valence-electron chi connectivity index (χ1n) is 5.41. The molecule has 0 radical (unpaired) electrons. The van der Waals surface area contributed by atoms with Gasteiger partial charge in [-0.3, -0.25) is 0 Å². The van der Waals surface area contributed by atoms with Crippen LogP contribution in [0.25, 0.3) is 0 Å². The van der Waals surface area contributed by atoms with Gasteiger partial charge in [0, 0.05) is 9.52 Å². The molecule has 2 N–H and O–H groups in total. The van der Waals surface area contributed by atoms with Gasteiger partial charge in [0.1, 0.15) is 0 Å². The smallest absolute Gasteiger partial charge is 0.0197 e. The van der Waals surface area contributed by atoms with Crippen molar-refractivity contribution in [3.8, 4) is 0 Å². The van der Waals surface area contributed by atoms with Gasteiger partial charge in [0.05, 0.1) is 0 Å². The summed E-state index contributed by atoms with van der Waals surface area (Å²) in [6.45, 7) is 4.58. The van der Waals surface area contributed by atoms with E-state index in [9.17, 15) is 0 Å². The lowest BCUT2D eigenvalue weighted by atomic mass is 10.2. The second-order valence-corrected chi connectivity index (χ2v) is 5.60. The van der Waals surface area contributed by atoms with Crippen molar-refractivity contribution in [1.82, 2.24) is 0 Å². The van der Waals surface area contributed by atoms with Gasteiger partial charge in [-0.1, -0.05) is 64.5 Å². The fraction of sp³-hybridized carbons (Fsp3) is 1.00. The van der Waals surface area contributed by atoms with Gasteiger partial charge in [-0.25, -0.2) is 0 Å². The molecule has 0 atom stereocenters. The van der Waals surface area contributed by atoms with E-state index in [1.54, 1.807) is 12.1 Å². The highest BCUT2D eigenvalue weighted by atomic mass is 28.2. The van der Waals surface area contributed by atoms with E-state index in [4.69, 9.17) is 0 Å². The standard InChI is InChI=1S/C10H24Si.H2O/c1-3-5-7-8-10-11-9-6-4-2;/h3-11H2,1-2H3;1H2. The van der Waals surface area contributed by atoms with Crippen LogP contribution in [-0.2, 0) is 0 Å². The van der Waals surface area contributed by atoms with E-state index < -0.39 is 0 Å². The zero-order chi connectivity index (χ0) is 8.36. The van der Waals surface area contributed by atoms with Crippen LogP contribution in [0.5, 0.6) is 0 Å². The van der Waals surface area contributed by atoms with Crippen molar-refractivity contribution in [1.29, 1.82) is 0 Å². The highest BCUT2D eigenvalue weighted by Gasteiger charge is 1.89. The molecule has 0 saturated heterocycles. The summed E-state index contributed by atoms with van der Waals surface area (Å²) in [5.74, 6) is 0. The largest absolute Gasteiger partial charge is 0.412 e. The Labute approximate surface area is 80.1 Å². The summed E-state index contributed by atoms with van der Waals surface area (Å²) in [7, 11) is 0.372. The van der Waals surface area contributed by atoms with Crippen LogP contribution in [0, 0.1) is 0 Å². The molecule has 1 nitrogen and oxygen atoms in total. The van der Waals surface area contributed by atoms with Crippen LogP contribution in [0.1, 0.15) is 52.4 Å². The van der Waals surface area contributed by atoms with Crippen molar-refractivity contribution in [2.24, 2.45) is 0 Å². The van der Waals surface area contributed by atoms with Crippen LogP contribution in [-0.4, -0.2) is 15.0 Å². The molecule has 0 aliphatic heterocycles. The Morgan fingerprint density at radius 1 is 0.750 bits per heavy atom. The molecule has 2 heteroatoms. The molecule has 0 aliphatic rings. The lowest BCUT2D eigenvalue weighted by Crippen LogP contribution is -1.88. The average Bonchev–Trinajstić information content (AvgIpc) is 2.03. The lowest BCUT2D eigenvalue weighted by Gasteiger charge is -1.98. The van der Waals surface area contributed by atoms with E-state index in [1.165, 1.54) is 38.5 Å². The van der Waals surface area contributed by atoms with Crippen molar-refractivity contribution in [3.63, 3.8) is 0 Å². The molecule has 0 aliphatic carbocycles. The normalized spacial score (nSPS) is 10.5. The van der Waals surface area contributed by atoms with Crippen LogP contribution in [0.2, 0.25) is 12.1 Å². The third kappa shape index (κ3) is 12.8. The highest BCUT2D eigenvalue weighted by Crippen LogP contribution is 2.04. The van der Waals surface area contributed by atoms with Crippen molar-refractivity contribution in [2.45, 2.75) is 64.5 Å². The molecule has 0 amide bonds. The number of hydrogen-bond donors (Lipinski definition) is 0. The predicted octanol–water partition coefficient (Wildman–Crippen LogP) is 2.55. The second kappa shape index (κ2) is 13.7. The molecule has 0 aromatic rings. The lowest BCUT2D eigenvalue weighted by molar-refractivity contribution is 0.699. The Balaban J connectivity index is 0. The summed E-state index contributed by atoms with van der Waals surface area (Å²) in [6, 6.07) is 3.21. The first-order valence-corrected chi connectivity index (χ1v) is 7.41. The molecule has 0 unspecified atom stereocenters. The maximum Gasteiger partial charge on any atom is 0.0197 e. The second-order valence-electron chi connectivity index (χ2n) is 3.47. The van der Waals surface area contributed by atoms with Gasteiger partial charge in [-0.15, -0.1) is 0 Å². The molecule has 0 bridgehead atoms. The molecule has 0 saturated carbocycles. The van der Waals surface area contributed by atoms with Gasteiger partial charge in [0.25, 0.3) is 0 Å². The summed E-state index contributed by atoms with van der Waals surface area (Å²) >= 11 is 0. The molecule has 0 spiro atoms. The summed E-state index contributed by atoms with van der Waals surface area (Å²) in [5, 5.41) is 0. The number of hydrogen-bond acceptors (Lipinski definition) is 0. The number of rotatable bonds is 8. The molecule has 0 heterocycles. The maximum atomic E-state index is 2.30. The quantitative estimate of drug-likeness (QED) is 0.416. The Bertz CT molecular complexity index is 58.9. The van der Waals surface area contributed by atoms with Gasteiger partial charge in [0.15, 0.2) is 0 Å². The van der Waals surface area contributed by atoms with Crippen molar-refractivity contribution in [2.75, 3.05) is 0 Å². The van der Waals surface area contributed by atoms with Crippen LogP contribution in [0.3, 0.4) is 0 Å². The SMILES string of the molecule is CCCCCC[SiH2]CCCC.O. The van der Waals surface area contributed by atoms with E-state index in [-0.39, 0.29) is 5.48 Å². The Hall–Kier alpha value is 0.177. The van der Waals surface area contributed by atoms with Gasteiger partial charge in [-0.2, -0.15) is 0 Å². The highest BCUT2D eigenvalue weighted by molar-refractivity contribution is 6.35. The predicted molar refractivity (Wildman–Crippen MR) is 60.8 cm³/mol. The fourth-order valence-electron chi connectivity index (χ4n) is 1.38. The summed E-state index contributed by atoms with van der Waals surface area (Å²) in [4.78, 5) is 0. The van der Waals surface area contributed by atoms with E-state index in [0.717, 1.165) is 0 Å². The Morgan fingerprint density at radius 3 is 1.92 bits per heavy atom. The minimum Gasteiger partial charge on any atom is -0.412 e. The first-order chi connectivity index (χ1) is 5.41. The third-order valence-corrected chi connectivity index (χ3v) is 4.21. The van der Waals surface area contributed by atoms with Crippen LogP contribution in [0.4, 0.5) is 0 Å². The van der Waals surface area contributed by atoms with E-state index in [0.29, 0.717) is 9.52 Å². The van der Waals surface area contributed by atoms with Crippen molar-refractivity contribution >= 4 is 9.52 Å². The molecule has 0 fully saturated rings. The van der Waals surface area contributed by atoms with E-state index >= 15 is 0 Å². The van der Waals surface area contributed by atoms with E-state index in [1.807, 2.05) is 0 Å². The van der Waals surface area contributed by atoms with Crippen LogP contribution >= 0.6 is 0 Å². The molecular formula is C10H26OSi. The first kappa shape index (κ1) is 14.7. The van der Waals surface area contributed by atoms with Gasteiger partial charge >= 0.3 is 0 Å². The van der Waals surface area contributed by atoms with Crippen molar-refractivity contribution in [3.05, 3.63) is 0 Å². The minimum atomic E-state index is 0. The van der Waals surface area contributed by atoms with E-state index in [2.05, 4.69) is 13.8 Å². The Kier molecular flexibility index (Phi) is 16.8. The third-order valence-electron chi connectivity index (χ3n) is 2.21. The van der Waals surface area contributed by atoms with Gasteiger partial charge in [0.2, 0.25) is 0 Å². The summed E-state index contributed by atoms with van der Waals surface area (Å²) < 4.78 is 0. The molecule has 0 aromatic carbocycles. The molecule has 12 heavy (non-hydrogen) atoms. The van der Waals surface area contributed by atoms with Gasteiger partial charge < -0.3 is 5.48 Å². The fourth-order valence-corrected chi connectivity index (χ4v) is 3.30. The monoisotopic (exact) mass is 190 g/mol. The van der Waals surface area contributed by atoms with Crippen LogP contribution < -0.4 is 0 Å². The Morgan fingerprint density at radius 2 is 1.33 bits per heavy atom. The average molecular weight is 190 g/mol. The topological polar surface area (TPSA) is 31.5 Å². The molecular weight excluding hydrogens is 164 g/mol. The summed E-state index contributed by atoms with van der Waals surface area (Å²) in [5.41, 5.74) is 0. The summed E-state index contributed by atoms with van der Waals surface area (Å²) in [6.07, 6.45) is 8.78. The zero-order valence-corrected chi connectivity index (χ0v) is 10.3. The zero-order valence-electron chi connectivity index (χ0n) is 8.86. The molecule has 0 aromatic heterocycles. The maximum absolute atomic E-state index is 2.30. The van der Waals surface area contributed by atoms with Crippen molar-refractivity contribution < 1.29 is 5.48 Å². The van der Waals surface area contributed by atoms with Crippen LogP contribution in [0.15, 0.2) is 0 Å². The molecule has 76 valence electrons. The minimum absolute atomic E-state index is 0. The number of unbranched alkanes of at least 4 members (excludes halogenated alkanes) is 4. The molecule has 0 rings (SSSR count).